The van der Waals surface area contributed by atoms with Gasteiger partial charge in [-0.05, 0) is 32.5 Å². The van der Waals surface area contributed by atoms with Crippen molar-refractivity contribution >= 4 is 27.3 Å². The Hall–Kier alpha value is -1.18. The van der Waals surface area contributed by atoms with E-state index in [0.717, 1.165) is 13.0 Å². The topological polar surface area (TPSA) is 76.7 Å². The first-order valence-corrected chi connectivity index (χ1v) is 8.53. The second-order valence-corrected chi connectivity index (χ2v) is 6.67. The third kappa shape index (κ3) is 5.61. The minimum Gasteiger partial charge on any atom is -0.495 e. The van der Waals surface area contributed by atoms with Crippen LogP contribution >= 0.6 is 11.6 Å². The molecule has 6 nitrogen and oxygen atoms in total. The van der Waals surface area contributed by atoms with Gasteiger partial charge in [-0.2, -0.15) is 0 Å². The van der Waals surface area contributed by atoms with Crippen LogP contribution < -0.4 is 19.5 Å². The fourth-order valence-corrected chi connectivity index (χ4v) is 3.17. The van der Waals surface area contributed by atoms with E-state index in [1.54, 1.807) is 6.07 Å². The molecule has 0 amide bonds. The van der Waals surface area contributed by atoms with Gasteiger partial charge in [0.25, 0.3) is 0 Å². The molecule has 1 aromatic carbocycles. The van der Waals surface area contributed by atoms with Gasteiger partial charge in [-0.15, -0.1) is 0 Å². The van der Waals surface area contributed by atoms with Crippen LogP contribution in [-0.2, 0) is 10.0 Å². The summed E-state index contributed by atoms with van der Waals surface area (Å²) in [5.41, 5.74) is 0.303. The van der Waals surface area contributed by atoms with Gasteiger partial charge in [-0.3, -0.25) is 4.72 Å². The molecule has 0 aliphatic carbocycles. The summed E-state index contributed by atoms with van der Waals surface area (Å²) in [6.45, 7) is 0.785. The van der Waals surface area contributed by atoms with Crippen LogP contribution in [0.5, 0.6) is 11.5 Å². The van der Waals surface area contributed by atoms with Crippen molar-refractivity contribution in [3.05, 3.63) is 17.2 Å². The number of hydrogen-bond acceptors (Lipinski definition) is 5. The molecule has 0 aliphatic heterocycles. The molecule has 1 rings (SSSR count). The first kappa shape index (κ1) is 17.9. The maximum atomic E-state index is 12.0. The number of benzene rings is 1. The number of ether oxygens (including phenoxy) is 2. The van der Waals surface area contributed by atoms with Crippen molar-refractivity contribution < 1.29 is 17.9 Å². The average Bonchev–Trinajstić information content (AvgIpc) is 2.43. The molecule has 8 heteroatoms. The summed E-state index contributed by atoms with van der Waals surface area (Å²) in [5.74, 6) is 0.821. The SMILES string of the molecule is CNCCCCS(=O)(=O)Nc1cc(Cl)c(OC)cc1OC. The average molecular weight is 337 g/mol. The number of sulfonamides is 1. The fourth-order valence-electron chi connectivity index (χ4n) is 1.75. The molecule has 0 aromatic heterocycles. The molecule has 0 saturated carbocycles. The number of hydrogen-bond donors (Lipinski definition) is 2. The van der Waals surface area contributed by atoms with Crippen LogP contribution in [0, 0.1) is 0 Å². The van der Waals surface area contributed by atoms with Crippen molar-refractivity contribution in [3.63, 3.8) is 0 Å². The largest absolute Gasteiger partial charge is 0.495 e. The Labute approximate surface area is 130 Å². The van der Waals surface area contributed by atoms with E-state index in [1.807, 2.05) is 7.05 Å². The summed E-state index contributed by atoms with van der Waals surface area (Å²) in [5, 5.41) is 3.29. The van der Waals surface area contributed by atoms with Gasteiger partial charge in [0.05, 0.1) is 30.7 Å². The molecule has 0 radical (unpaired) electrons. The van der Waals surface area contributed by atoms with Crippen molar-refractivity contribution in [2.75, 3.05) is 38.3 Å². The first-order chi connectivity index (χ1) is 9.93. The van der Waals surface area contributed by atoms with Crippen LogP contribution in [0.2, 0.25) is 5.02 Å². The van der Waals surface area contributed by atoms with E-state index >= 15 is 0 Å². The minimum atomic E-state index is -3.44. The number of halogens is 1. The Morgan fingerprint density at radius 1 is 1.14 bits per heavy atom. The zero-order valence-electron chi connectivity index (χ0n) is 12.4. The highest BCUT2D eigenvalue weighted by Gasteiger charge is 2.16. The van der Waals surface area contributed by atoms with Gasteiger partial charge in [-0.1, -0.05) is 11.6 Å². The predicted molar refractivity (Wildman–Crippen MR) is 85.1 cm³/mol. The van der Waals surface area contributed by atoms with E-state index in [0.29, 0.717) is 28.6 Å². The highest BCUT2D eigenvalue weighted by molar-refractivity contribution is 7.92. The number of methoxy groups -OCH3 is 2. The second kappa shape index (κ2) is 8.31. The van der Waals surface area contributed by atoms with E-state index < -0.39 is 10.0 Å². The van der Waals surface area contributed by atoms with Crippen LogP contribution in [0.1, 0.15) is 12.8 Å². The van der Waals surface area contributed by atoms with Crippen LogP contribution in [0.3, 0.4) is 0 Å². The van der Waals surface area contributed by atoms with Gasteiger partial charge in [0.15, 0.2) is 0 Å². The van der Waals surface area contributed by atoms with E-state index in [2.05, 4.69) is 10.0 Å². The van der Waals surface area contributed by atoms with Crippen molar-refractivity contribution in [3.8, 4) is 11.5 Å². The molecule has 1 aromatic rings. The summed E-state index contributed by atoms with van der Waals surface area (Å²) >= 11 is 6.01. The molecule has 2 N–H and O–H groups in total. The van der Waals surface area contributed by atoms with Crippen LogP contribution in [0.4, 0.5) is 5.69 Å². The molecule has 0 spiro atoms. The molecule has 21 heavy (non-hydrogen) atoms. The summed E-state index contributed by atoms with van der Waals surface area (Å²) < 4.78 is 36.8. The molecule has 0 heterocycles. The van der Waals surface area contributed by atoms with Gasteiger partial charge >= 0.3 is 0 Å². The Morgan fingerprint density at radius 3 is 2.38 bits per heavy atom. The molecular formula is C13H21ClN2O4S. The fraction of sp³-hybridized carbons (Fsp3) is 0.538. The lowest BCUT2D eigenvalue weighted by Crippen LogP contribution is -2.18. The predicted octanol–water partition coefficient (Wildman–Crippen LogP) is 2.10. The lowest BCUT2D eigenvalue weighted by molar-refractivity contribution is 0.396. The third-order valence-electron chi connectivity index (χ3n) is 2.83. The third-order valence-corrected chi connectivity index (χ3v) is 4.48. The van der Waals surface area contributed by atoms with Crippen molar-refractivity contribution in [2.24, 2.45) is 0 Å². The lowest BCUT2D eigenvalue weighted by atomic mass is 10.3. The first-order valence-electron chi connectivity index (χ1n) is 6.50. The Balaban J connectivity index is 2.83. The minimum absolute atomic E-state index is 0.0431. The zero-order chi connectivity index (χ0) is 15.9. The lowest BCUT2D eigenvalue weighted by Gasteiger charge is -2.14. The smallest absolute Gasteiger partial charge is 0.232 e. The van der Waals surface area contributed by atoms with E-state index in [-0.39, 0.29) is 5.75 Å². The standard InChI is InChI=1S/C13H21ClN2O4S/c1-15-6-4-5-7-21(17,18)16-11-8-10(14)12(19-2)9-13(11)20-3/h8-9,15-16H,4-7H2,1-3H3. The highest BCUT2D eigenvalue weighted by atomic mass is 35.5. The molecular weight excluding hydrogens is 316 g/mol. The summed E-state index contributed by atoms with van der Waals surface area (Å²) in [6, 6.07) is 3.02. The van der Waals surface area contributed by atoms with Gasteiger partial charge in [0.2, 0.25) is 10.0 Å². The van der Waals surface area contributed by atoms with Crippen molar-refractivity contribution in [2.45, 2.75) is 12.8 Å². The second-order valence-electron chi connectivity index (χ2n) is 4.42. The monoisotopic (exact) mass is 336 g/mol. The number of rotatable bonds is 9. The Morgan fingerprint density at radius 2 is 1.81 bits per heavy atom. The quantitative estimate of drug-likeness (QED) is 0.675. The normalized spacial score (nSPS) is 11.2. The van der Waals surface area contributed by atoms with Crippen molar-refractivity contribution in [1.82, 2.24) is 5.32 Å². The number of nitrogens with one attached hydrogen (secondary N) is 2. The Bertz CT molecular complexity index is 564. The van der Waals surface area contributed by atoms with Crippen LogP contribution in [0.25, 0.3) is 0 Å². The molecule has 0 saturated heterocycles. The molecule has 0 bridgehead atoms. The summed E-state index contributed by atoms with van der Waals surface area (Å²) in [7, 11) is 1.32. The van der Waals surface area contributed by atoms with Crippen molar-refractivity contribution in [1.29, 1.82) is 0 Å². The zero-order valence-corrected chi connectivity index (χ0v) is 14.0. The molecule has 0 aliphatic rings. The van der Waals surface area contributed by atoms with E-state index in [1.165, 1.54) is 20.3 Å². The van der Waals surface area contributed by atoms with Crippen LogP contribution in [-0.4, -0.2) is 42.0 Å². The highest BCUT2D eigenvalue weighted by Crippen LogP contribution is 2.36. The Kier molecular flexibility index (Phi) is 7.07. The van der Waals surface area contributed by atoms with Gasteiger partial charge < -0.3 is 14.8 Å². The summed E-state index contributed by atoms with van der Waals surface area (Å²) in [4.78, 5) is 0. The molecule has 120 valence electrons. The molecule has 0 unspecified atom stereocenters. The van der Waals surface area contributed by atoms with E-state index in [4.69, 9.17) is 21.1 Å². The molecule has 0 atom stereocenters. The molecule has 0 fully saturated rings. The van der Waals surface area contributed by atoms with Gasteiger partial charge in [0.1, 0.15) is 11.5 Å². The van der Waals surface area contributed by atoms with Gasteiger partial charge in [0, 0.05) is 6.07 Å². The number of unbranched alkanes of at least 4 members (excludes halogenated alkanes) is 1. The number of anilines is 1. The maximum Gasteiger partial charge on any atom is 0.232 e. The van der Waals surface area contributed by atoms with Gasteiger partial charge in [-0.25, -0.2) is 8.42 Å². The summed E-state index contributed by atoms with van der Waals surface area (Å²) in [6.07, 6.45) is 1.36. The van der Waals surface area contributed by atoms with E-state index in [9.17, 15) is 8.42 Å². The maximum absolute atomic E-state index is 12.0. The van der Waals surface area contributed by atoms with Crippen LogP contribution in [0.15, 0.2) is 12.1 Å².